The molecule has 2 rings (SSSR count). The molecule has 0 saturated heterocycles. The summed E-state index contributed by atoms with van der Waals surface area (Å²) in [6.07, 6.45) is 0. The number of rotatable bonds is 4. The molecule has 5 heteroatoms. The maximum Gasteiger partial charge on any atom is 0.140 e. The van der Waals surface area contributed by atoms with E-state index in [1.54, 1.807) is 11.3 Å². The molecule has 102 valence electrons. The molecule has 0 aliphatic carbocycles. The minimum absolute atomic E-state index is 0.436. The summed E-state index contributed by atoms with van der Waals surface area (Å²) in [5, 5.41) is 0.998. The SMILES string of the molecule is Cc1cc(Br)cc(CCl)c1OCc1nc(C)c(C)s1. The van der Waals surface area contributed by atoms with Crippen molar-refractivity contribution in [1.82, 2.24) is 4.98 Å². The van der Waals surface area contributed by atoms with Gasteiger partial charge in [-0.1, -0.05) is 15.9 Å². The van der Waals surface area contributed by atoms with Crippen LogP contribution in [0.2, 0.25) is 0 Å². The predicted octanol–water partition coefficient (Wildman–Crippen LogP) is 5.15. The van der Waals surface area contributed by atoms with Crippen LogP contribution in [0.3, 0.4) is 0 Å². The first-order valence-corrected chi connectivity index (χ1v) is 8.06. The van der Waals surface area contributed by atoms with Crippen LogP contribution in [0.4, 0.5) is 0 Å². The van der Waals surface area contributed by atoms with Crippen molar-refractivity contribution in [2.75, 3.05) is 0 Å². The number of thiazole rings is 1. The molecule has 0 saturated carbocycles. The number of halogens is 2. The largest absolute Gasteiger partial charge is 0.486 e. The van der Waals surface area contributed by atoms with Crippen LogP contribution in [0.15, 0.2) is 16.6 Å². The number of alkyl halides is 1. The Morgan fingerprint density at radius 2 is 2.05 bits per heavy atom. The summed E-state index contributed by atoms with van der Waals surface area (Å²) >= 11 is 11.1. The summed E-state index contributed by atoms with van der Waals surface area (Å²) in [6.45, 7) is 6.61. The van der Waals surface area contributed by atoms with Crippen molar-refractivity contribution < 1.29 is 4.74 Å². The van der Waals surface area contributed by atoms with E-state index in [-0.39, 0.29) is 0 Å². The minimum atomic E-state index is 0.436. The zero-order valence-corrected chi connectivity index (χ0v) is 14.2. The molecule has 2 nitrogen and oxygen atoms in total. The van der Waals surface area contributed by atoms with Gasteiger partial charge >= 0.3 is 0 Å². The molecular formula is C14H15BrClNOS. The summed E-state index contributed by atoms with van der Waals surface area (Å²) in [7, 11) is 0. The average Bonchev–Trinajstić information content (AvgIpc) is 2.66. The number of aryl methyl sites for hydroxylation is 3. The Hall–Kier alpha value is -0.580. The summed E-state index contributed by atoms with van der Waals surface area (Å²) in [4.78, 5) is 5.72. The molecule has 0 aliphatic heterocycles. The van der Waals surface area contributed by atoms with Gasteiger partial charge in [0.2, 0.25) is 0 Å². The summed E-state index contributed by atoms with van der Waals surface area (Å²) in [5.41, 5.74) is 3.15. The van der Waals surface area contributed by atoms with Crippen molar-refractivity contribution in [3.8, 4) is 5.75 Å². The second-order valence-electron chi connectivity index (χ2n) is 4.38. The molecule has 0 bridgehead atoms. The van der Waals surface area contributed by atoms with Gasteiger partial charge in [-0.2, -0.15) is 0 Å². The van der Waals surface area contributed by atoms with Gasteiger partial charge < -0.3 is 4.74 Å². The van der Waals surface area contributed by atoms with Crippen molar-refractivity contribution in [3.63, 3.8) is 0 Å². The van der Waals surface area contributed by atoms with E-state index in [0.29, 0.717) is 12.5 Å². The summed E-state index contributed by atoms with van der Waals surface area (Å²) in [6, 6.07) is 4.03. The Balaban J connectivity index is 2.19. The first-order chi connectivity index (χ1) is 9.01. The van der Waals surface area contributed by atoms with Crippen LogP contribution in [-0.2, 0) is 12.5 Å². The predicted molar refractivity (Wildman–Crippen MR) is 84.4 cm³/mol. The fraction of sp³-hybridized carbons (Fsp3) is 0.357. The fourth-order valence-electron chi connectivity index (χ4n) is 1.84. The lowest BCUT2D eigenvalue weighted by atomic mass is 10.1. The Morgan fingerprint density at radius 3 is 2.63 bits per heavy atom. The molecule has 0 radical (unpaired) electrons. The van der Waals surface area contributed by atoms with E-state index < -0.39 is 0 Å². The number of benzene rings is 1. The summed E-state index contributed by atoms with van der Waals surface area (Å²) < 4.78 is 6.93. The molecule has 0 N–H and O–H groups in total. The molecule has 0 amide bonds. The molecule has 2 aromatic rings. The molecule has 0 fully saturated rings. The van der Waals surface area contributed by atoms with Crippen LogP contribution >= 0.6 is 38.9 Å². The lowest BCUT2D eigenvalue weighted by Crippen LogP contribution is -2.00. The van der Waals surface area contributed by atoms with Crippen molar-refractivity contribution in [3.05, 3.63) is 43.3 Å². The number of nitrogens with zero attached hydrogens (tertiary/aromatic N) is 1. The van der Waals surface area contributed by atoms with Crippen LogP contribution in [0.5, 0.6) is 5.75 Å². The van der Waals surface area contributed by atoms with Crippen molar-refractivity contribution in [2.45, 2.75) is 33.3 Å². The van der Waals surface area contributed by atoms with Crippen LogP contribution in [0.1, 0.15) is 26.7 Å². The van der Waals surface area contributed by atoms with E-state index in [2.05, 4.69) is 27.8 Å². The van der Waals surface area contributed by atoms with Gasteiger partial charge in [0.15, 0.2) is 0 Å². The lowest BCUT2D eigenvalue weighted by Gasteiger charge is -2.12. The first kappa shape index (κ1) is 14.8. The molecule has 0 aliphatic rings. The van der Waals surface area contributed by atoms with Crippen LogP contribution in [-0.4, -0.2) is 4.98 Å². The number of aromatic nitrogens is 1. The van der Waals surface area contributed by atoms with Crippen molar-refractivity contribution in [1.29, 1.82) is 0 Å². The van der Waals surface area contributed by atoms with E-state index in [1.165, 1.54) is 4.88 Å². The van der Waals surface area contributed by atoms with Crippen LogP contribution in [0.25, 0.3) is 0 Å². The lowest BCUT2D eigenvalue weighted by molar-refractivity contribution is 0.301. The maximum atomic E-state index is 5.97. The average molecular weight is 361 g/mol. The molecule has 0 unspecified atom stereocenters. The Bertz CT molecular complexity index is 578. The van der Waals surface area contributed by atoms with Crippen LogP contribution in [0, 0.1) is 20.8 Å². The van der Waals surface area contributed by atoms with E-state index in [9.17, 15) is 0 Å². The minimum Gasteiger partial charge on any atom is -0.486 e. The van der Waals surface area contributed by atoms with Crippen molar-refractivity contribution in [2.24, 2.45) is 0 Å². The van der Waals surface area contributed by atoms with E-state index in [1.807, 2.05) is 26.0 Å². The highest BCUT2D eigenvalue weighted by atomic mass is 79.9. The van der Waals surface area contributed by atoms with Gasteiger partial charge in [-0.25, -0.2) is 4.98 Å². The zero-order chi connectivity index (χ0) is 14.0. The molecule has 0 atom stereocenters. The third kappa shape index (κ3) is 3.50. The topological polar surface area (TPSA) is 22.1 Å². The molecular weight excluding hydrogens is 346 g/mol. The molecule has 1 aromatic heterocycles. The smallest absolute Gasteiger partial charge is 0.140 e. The monoisotopic (exact) mass is 359 g/mol. The van der Waals surface area contributed by atoms with E-state index >= 15 is 0 Å². The molecule has 1 heterocycles. The highest BCUT2D eigenvalue weighted by molar-refractivity contribution is 9.10. The third-order valence-corrected chi connectivity index (χ3v) is 4.67. The number of hydrogen-bond donors (Lipinski definition) is 0. The molecule has 0 spiro atoms. The van der Waals surface area contributed by atoms with Crippen LogP contribution < -0.4 is 4.74 Å². The second kappa shape index (κ2) is 6.25. The summed E-state index contributed by atoms with van der Waals surface area (Å²) in [5.74, 6) is 1.30. The zero-order valence-electron chi connectivity index (χ0n) is 11.1. The molecule has 19 heavy (non-hydrogen) atoms. The van der Waals surface area contributed by atoms with Gasteiger partial charge in [0.05, 0.1) is 11.6 Å². The van der Waals surface area contributed by atoms with Gasteiger partial charge in [-0.05, 0) is 38.5 Å². The maximum absolute atomic E-state index is 5.97. The number of ether oxygens (including phenoxy) is 1. The van der Waals surface area contributed by atoms with Crippen molar-refractivity contribution >= 4 is 38.9 Å². The highest BCUT2D eigenvalue weighted by Gasteiger charge is 2.10. The Kier molecular flexibility index (Phi) is 4.87. The first-order valence-electron chi connectivity index (χ1n) is 5.92. The quantitative estimate of drug-likeness (QED) is 0.704. The fourth-order valence-corrected chi connectivity index (χ4v) is 3.51. The second-order valence-corrected chi connectivity index (χ2v) is 6.85. The van der Waals surface area contributed by atoms with Gasteiger partial charge in [-0.3, -0.25) is 0 Å². The molecule has 1 aromatic carbocycles. The van der Waals surface area contributed by atoms with Gasteiger partial charge in [-0.15, -0.1) is 22.9 Å². The van der Waals surface area contributed by atoms with Gasteiger partial charge in [0.25, 0.3) is 0 Å². The van der Waals surface area contributed by atoms with Gasteiger partial charge in [0, 0.05) is 14.9 Å². The standard InChI is InChI=1S/C14H15BrClNOS/c1-8-4-12(15)5-11(6-16)14(8)18-7-13-17-9(2)10(3)19-13/h4-5H,6-7H2,1-3H3. The van der Waals surface area contributed by atoms with E-state index in [4.69, 9.17) is 16.3 Å². The Labute approximate surface area is 130 Å². The number of hydrogen-bond acceptors (Lipinski definition) is 3. The third-order valence-electron chi connectivity index (χ3n) is 2.87. The van der Waals surface area contributed by atoms with E-state index in [0.717, 1.165) is 32.1 Å². The highest BCUT2D eigenvalue weighted by Crippen LogP contribution is 2.30. The normalized spacial score (nSPS) is 10.8. The Morgan fingerprint density at radius 1 is 1.32 bits per heavy atom. The van der Waals surface area contributed by atoms with Gasteiger partial charge in [0.1, 0.15) is 17.4 Å².